The largest absolute Gasteiger partial charge is 0.444 e. The standard InChI is InChI=1S/C14H11BrN2O3/c15-12-6-11(8-18)13(16-7-12)17-14(19)20-9-10-4-2-1-3-5-10/h1-8H,9H2,(H,16,17,19). The van der Waals surface area contributed by atoms with Gasteiger partial charge in [-0.1, -0.05) is 30.3 Å². The fourth-order valence-corrected chi connectivity index (χ4v) is 1.85. The molecule has 0 bridgehead atoms. The Bertz CT molecular complexity index is 617. The SMILES string of the molecule is O=Cc1cc(Br)cnc1NC(=O)OCc1ccccc1. The Morgan fingerprint density at radius 3 is 2.80 bits per heavy atom. The van der Waals surface area contributed by atoms with E-state index in [2.05, 4.69) is 26.2 Å². The Hall–Kier alpha value is -2.21. The van der Waals surface area contributed by atoms with Gasteiger partial charge in [0.15, 0.2) is 6.29 Å². The molecule has 0 unspecified atom stereocenters. The highest BCUT2D eigenvalue weighted by Crippen LogP contribution is 2.16. The maximum Gasteiger partial charge on any atom is 0.413 e. The van der Waals surface area contributed by atoms with E-state index in [1.807, 2.05) is 30.3 Å². The fourth-order valence-electron chi connectivity index (χ4n) is 1.51. The molecule has 0 radical (unpaired) electrons. The van der Waals surface area contributed by atoms with Crippen LogP contribution in [0.3, 0.4) is 0 Å². The summed E-state index contributed by atoms with van der Waals surface area (Å²) < 4.78 is 5.70. The van der Waals surface area contributed by atoms with Crippen LogP contribution in [-0.2, 0) is 11.3 Å². The molecule has 2 rings (SSSR count). The minimum atomic E-state index is -0.660. The van der Waals surface area contributed by atoms with Crippen molar-refractivity contribution in [2.75, 3.05) is 5.32 Å². The van der Waals surface area contributed by atoms with E-state index in [-0.39, 0.29) is 18.0 Å². The number of aldehydes is 1. The second-order valence-corrected chi connectivity index (χ2v) is 4.81. The molecule has 0 saturated heterocycles. The van der Waals surface area contributed by atoms with E-state index in [1.54, 1.807) is 6.07 Å². The van der Waals surface area contributed by atoms with Crippen molar-refractivity contribution in [2.24, 2.45) is 0 Å². The summed E-state index contributed by atoms with van der Waals surface area (Å²) in [6.07, 6.45) is 1.44. The second-order valence-electron chi connectivity index (χ2n) is 3.90. The van der Waals surface area contributed by atoms with E-state index in [4.69, 9.17) is 4.74 Å². The van der Waals surface area contributed by atoms with Gasteiger partial charge in [-0.15, -0.1) is 0 Å². The Morgan fingerprint density at radius 1 is 1.35 bits per heavy atom. The number of ether oxygens (including phenoxy) is 1. The summed E-state index contributed by atoms with van der Waals surface area (Å²) in [6, 6.07) is 10.9. The monoisotopic (exact) mass is 334 g/mol. The molecule has 0 aliphatic heterocycles. The van der Waals surface area contributed by atoms with E-state index < -0.39 is 6.09 Å². The van der Waals surface area contributed by atoms with Gasteiger partial charge in [0, 0.05) is 10.7 Å². The zero-order chi connectivity index (χ0) is 14.4. The minimum Gasteiger partial charge on any atom is -0.444 e. The number of carbonyl (C=O) groups is 2. The van der Waals surface area contributed by atoms with E-state index in [0.29, 0.717) is 10.8 Å². The number of amides is 1. The number of aromatic nitrogens is 1. The van der Waals surface area contributed by atoms with Gasteiger partial charge in [0.25, 0.3) is 0 Å². The van der Waals surface area contributed by atoms with Gasteiger partial charge in [0.2, 0.25) is 0 Å². The maximum atomic E-state index is 11.6. The van der Waals surface area contributed by atoms with Gasteiger partial charge < -0.3 is 4.74 Å². The summed E-state index contributed by atoms with van der Waals surface area (Å²) in [4.78, 5) is 26.5. The van der Waals surface area contributed by atoms with Crippen molar-refractivity contribution in [3.05, 3.63) is 58.2 Å². The highest BCUT2D eigenvalue weighted by molar-refractivity contribution is 9.10. The molecular weight excluding hydrogens is 324 g/mol. The third-order valence-corrected chi connectivity index (χ3v) is 2.88. The van der Waals surface area contributed by atoms with Crippen LogP contribution in [0.15, 0.2) is 47.1 Å². The number of anilines is 1. The van der Waals surface area contributed by atoms with Crippen LogP contribution in [0.4, 0.5) is 10.6 Å². The molecule has 0 aliphatic rings. The third kappa shape index (κ3) is 3.89. The van der Waals surface area contributed by atoms with E-state index in [0.717, 1.165) is 5.56 Å². The Kier molecular flexibility index (Phi) is 4.84. The van der Waals surface area contributed by atoms with Gasteiger partial charge in [0.1, 0.15) is 12.4 Å². The first-order valence-corrected chi connectivity index (χ1v) is 6.57. The van der Waals surface area contributed by atoms with Crippen LogP contribution < -0.4 is 5.32 Å². The van der Waals surface area contributed by atoms with Crippen molar-refractivity contribution in [3.63, 3.8) is 0 Å². The van der Waals surface area contributed by atoms with Crippen molar-refractivity contribution in [1.82, 2.24) is 4.98 Å². The first-order chi connectivity index (χ1) is 9.69. The van der Waals surface area contributed by atoms with Crippen LogP contribution in [0.25, 0.3) is 0 Å². The van der Waals surface area contributed by atoms with Gasteiger partial charge in [-0.2, -0.15) is 0 Å². The lowest BCUT2D eigenvalue weighted by Crippen LogP contribution is -2.15. The summed E-state index contributed by atoms with van der Waals surface area (Å²) in [5.74, 6) is 0.168. The maximum absolute atomic E-state index is 11.6. The molecule has 0 aliphatic carbocycles. The van der Waals surface area contributed by atoms with E-state index in [9.17, 15) is 9.59 Å². The lowest BCUT2D eigenvalue weighted by atomic mass is 10.2. The van der Waals surface area contributed by atoms with E-state index >= 15 is 0 Å². The minimum absolute atomic E-state index is 0.152. The van der Waals surface area contributed by atoms with Gasteiger partial charge in [-0.25, -0.2) is 9.78 Å². The number of halogens is 1. The molecule has 1 heterocycles. The number of nitrogens with one attached hydrogen (secondary N) is 1. The molecule has 20 heavy (non-hydrogen) atoms. The summed E-state index contributed by atoms with van der Waals surface area (Å²) in [5.41, 5.74) is 1.15. The van der Waals surface area contributed by atoms with Crippen molar-refractivity contribution in [1.29, 1.82) is 0 Å². The van der Waals surface area contributed by atoms with Crippen LogP contribution in [0, 0.1) is 0 Å². The Labute approximate surface area is 124 Å². The zero-order valence-electron chi connectivity index (χ0n) is 10.4. The fraction of sp³-hybridized carbons (Fsp3) is 0.0714. The lowest BCUT2D eigenvalue weighted by Gasteiger charge is -2.08. The Morgan fingerprint density at radius 2 is 2.10 bits per heavy atom. The first kappa shape index (κ1) is 14.2. The third-order valence-electron chi connectivity index (χ3n) is 2.44. The molecule has 1 amide bonds. The van der Waals surface area contributed by atoms with Gasteiger partial charge in [-0.05, 0) is 27.6 Å². The number of hydrogen-bond donors (Lipinski definition) is 1. The molecule has 1 N–H and O–H groups in total. The average Bonchev–Trinajstić information content (AvgIpc) is 2.48. The quantitative estimate of drug-likeness (QED) is 0.870. The molecule has 102 valence electrons. The van der Waals surface area contributed by atoms with Crippen LogP contribution in [0.2, 0.25) is 0 Å². The molecule has 1 aromatic carbocycles. The molecule has 0 spiro atoms. The summed E-state index contributed by atoms with van der Waals surface area (Å²) in [7, 11) is 0. The molecule has 0 fully saturated rings. The molecule has 2 aromatic rings. The predicted octanol–water partition coefficient (Wildman–Crippen LogP) is 3.41. The summed E-state index contributed by atoms with van der Waals surface area (Å²) in [6.45, 7) is 0.152. The number of carbonyl (C=O) groups excluding carboxylic acids is 2. The average molecular weight is 335 g/mol. The molecule has 1 aromatic heterocycles. The lowest BCUT2D eigenvalue weighted by molar-refractivity contribution is 0.112. The summed E-state index contributed by atoms with van der Waals surface area (Å²) >= 11 is 3.20. The zero-order valence-corrected chi connectivity index (χ0v) is 12.0. The van der Waals surface area contributed by atoms with Crippen LogP contribution in [-0.4, -0.2) is 17.4 Å². The van der Waals surface area contributed by atoms with Crippen LogP contribution in [0.5, 0.6) is 0 Å². The van der Waals surface area contributed by atoms with Crippen molar-refractivity contribution >= 4 is 34.1 Å². The number of benzene rings is 1. The smallest absolute Gasteiger partial charge is 0.413 e. The number of pyridine rings is 1. The van der Waals surface area contributed by atoms with Crippen LogP contribution >= 0.6 is 15.9 Å². The van der Waals surface area contributed by atoms with Crippen molar-refractivity contribution in [2.45, 2.75) is 6.61 Å². The van der Waals surface area contributed by atoms with E-state index in [1.165, 1.54) is 6.20 Å². The predicted molar refractivity (Wildman–Crippen MR) is 77.6 cm³/mol. The normalized spacial score (nSPS) is 9.85. The molecular formula is C14H11BrN2O3. The van der Waals surface area contributed by atoms with Crippen LogP contribution in [0.1, 0.15) is 15.9 Å². The highest BCUT2D eigenvalue weighted by Gasteiger charge is 2.09. The van der Waals surface area contributed by atoms with Crippen molar-refractivity contribution in [3.8, 4) is 0 Å². The molecule has 0 saturated carbocycles. The molecule has 6 heteroatoms. The number of hydrogen-bond acceptors (Lipinski definition) is 4. The summed E-state index contributed by atoms with van der Waals surface area (Å²) in [5, 5.41) is 2.43. The first-order valence-electron chi connectivity index (χ1n) is 5.77. The van der Waals surface area contributed by atoms with Gasteiger partial charge in [0.05, 0.1) is 5.56 Å². The topological polar surface area (TPSA) is 68.3 Å². The Balaban J connectivity index is 1.96. The number of rotatable bonds is 4. The van der Waals surface area contributed by atoms with Crippen molar-refractivity contribution < 1.29 is 14.3 Å². The molecule has 5 nitrogen and oxygen atoms in total. The van der Waals surface area contributed by atoms with Gasteiger partial charge >= 0.3 is 6.09 Å². The highest BCUT2D eigenvalue weighted by atomic mass is 79.9. The second kappa shape index (κ2) is 6.81. The van der Waals surface area contributed by atoms with Gasteiger partial charge in [-0.3, -0.25) is 10.1 Å². The molecule has 0 atom stereocenters. The number of nitrogens with zero attached hydrogens (tertiary/aromatic N) is 1.